The Balaban J connectivity index is 0. The Morgan fingerprint density at radius 2 is 1.83 bits per heavy atom. The van der Waals surface area contributed by atoms with Crippen LogP contribution < -0.4 is 0 Å². The average Bonchev–Trinajstić information content (AvgIpc) is 1.65. The third-order valence-electron chi connectivity index (χ3n) is 0.333. The fourth-order valence-electron chi connectivity index (χ4n) is 0.0833. The standard InChI is InChI=1S/C3H6O3/c1-5-3(4)6-2/h1-2H3/p+1. The maximum absolute atomic E-state index is 9.74. The second-order valence-corrected chi connectivity index (χ2v) is 0.658. The van der Waals surface area contributed by atoms with E-state index in [4.69, 9.17) is 0 Å². The molecule has 0 spiro atoms. The van der Waals surface area contributed by atoms with Gasteiger partial charge in [0.15, 0.2) is 0 Å². The van der Waals surface area contributed by atoms with Gasteiger partial charge in [-0.15, -0.1) is 0 Å². The lowest BCUT2D eigenvalue weighted by molar-refractivity contribution is 0.0924. The predicted octanol–water partition coefficient (Wildman–Crippen LogP) is 0.512. The number of carbonyl (C=O) groups is 1. The number of ether oxygens (including phenoxy) is 2. The highest BCUT2D eigenvalue weighted by molar-refractivity contribution is 5.59. The first-order valence-electron chi connectivity index (χ1n) is 1.43. The molecule has 0 saturated heterocycles. The van der Waals surface area contributed by atoms with Gasteiger partial charge < -0.3 is 9.47 Å². The third kappa shape index (κ3) is 1.58. The molecule has 36 valence electrons. The molecule has 0 unspecified atom stereocenters. The van der Waals surface area contributed by atoms with Crippen LogP contribution in [0.4, 0.5) is 4.79 Å². The minimum atomic E-state index is -0.657. The molecule has 0 radical (unpaired) electrons. The van der Waals surface area contributed by atoms with Crippen molar-refractivity contribution in [3.63, 3.8) is 0 Å². The van der Waals surface area contributed by atoms with E-state index in [0.717, 1.165) is 0 Å². The molecule has 0 rings (SSSR count). The second kappa shape index (κ2) is 2.50. The monoisotopic (exact) mass is 91.0 g/mol. The van der Waals surface area contributed by atoms with Gasteiger partial charge in [0.1, 0.15) is 0 Å². The number of methoxy groups -OCH3 is 2. The molecule has 0 aliphatic rings. The number of carbonyl (C=O) groups excluding carboxylic acids is 1. The van der Waals surface area contributed by atoms with Gasteiger partial charge in [-0.25, -0.2) is 4.79 Å². The smallest absolute Gasteiger partial charge is 0.438 e. The van der Waals surface area contributed by atoms with E-state index < -0.39 is 6.16 Å². The summed E-state index contributed by atoms with van der Waals surface area (Å²) < 4.78 is 8.08. The van der Waals surface area contributed by atoms with Crippen molar-refractivity contribution in [2.75, 3.05) is 14.2 Å². The van der Waals surface area contributed by atoms with Gasteiger partial charge in [0, 0.05) is 0 Å². The van der Waals surface area contributed by atoms with Crippen LogP contribution in [0.1, 0.15) is 1.43 Å². The number of hydrogen-bond acceptors (Lipinski definition) is 3. The van der Waals surface area contributed by atoms with Gasteiger partial charge in [-0.05, 0) is 0 Å². The van der Waals surface area contributed by atoms with Gasteiger partial charge in [-0.2, -0.15) is 0 Å². The first-order valence-corrected chi connectivity index (χ1v) is 1.43. The van der Waals surface area contributed by atoms with E-state index >= 15 is 0 Å². The summed E-state index contributed by atoms with van der Waals surface area (Å²) in [4.78, 5) is 9.74. The molecular weight excluding hydrogens is 84.0 g/mol. The Bertz CT molecular complexity index is 48.1. The van der Waals surface area contributed by atoms with Crippen LogP contribution in [0.15, 0.2) is 0 Å². The molecule has 0 aliphatic carbocycles. The van der Waals surface area contributed by atoms with Crippen LogP contribution in [0.3, 0.4) is 0 Å². The van der Waals surface area contributed by atoms with E-state index in [9.17, 15) is 4.79 Å². The lowest BCUT2D eigenvalue weighted by atomic mass is 11.3. The van der Waals surface area contributed by atoms with Crippen molar-refractivity contribution in [1.82, 2.24) is 0 Å². The summed E-state index contributed by atoms with van der Waals surface area (Å²) in [6, 6.07) is 0. The Hall–Kier alpha value is -0.730. The van der Waals surface area contributed by atoms with Gasteiger partial charge in [-0.1, -0.05) is 0 Å². The van der Waals surface area contributed by atoms with Crippen molar-refractivity contribution >= 4 is 6.16 Å². The van der Waals surface area contributed by atoms with Crippen LogP contribution >= 0.6 is 0 Å². The summed E-state index contributed by atoms with van der Waals surface area (Å²) in [7, 11) is 2.51. The van der Waals surface area contributed by atoms with Crippen molar-refractivity contribution in [2.45, 2.75) is 0 Å². The highest BCUT2D eigenvalue weighted by Gasteiger charge is 1.88. The van der Waals surface area contributed by atoms with Crippen LogP contribution in [-0.2, 0) is 9.47 Å². The van der Waals surface area contributed by atoms with E-state index in [1.807, 2.05) is 0 Å². The molecule has 0 aromatic carbocycles. The predicted molar refractivity (Wildman–Crippen MR) is 20.5 cm³/mol. The van der Waals surface area contributed by atoms with Gasteiger partial charge in [-0.3, -0.25) is 0 Å². The van der Waals surface area contributed by atoms with Gasteiger partial charge in [0.25, 0.3) is 0 Å². The maximum Gasteiger partial charge on any atom is 1.00 e. The molecule has 0 saturated carbocycles. The van der Waals surface area contributed by atoms with Gasteiger partial charge in [0.2, 0.25) is 0 Å². The number of hydrogen-bond donors (Lipinski definition) is 0. The molecule has 0 amide bonds. The Morgan fingerprint density at radius 1 is 1.50 bits per heavy atom. The van der Waals surface area contributed by atoms with E-state index in [2.05, 4.69) is 9.47 Å². The highest BCUT2D eigenvalue weighted by Crippen LogP contribution is 1.72. The lowest BCUT2D eigenvalue weighted by Crippen LogP contribution is -1.97. The minimum Gasteiger partial charge on any atom is -0.438 e. The van der Waals surface area contributed by atoms with Crippen molar-refractivity contribution in [2.24, 2.45) is 0 Å². The average molecular weight is 91.1 g/mol. The SMILES string of the molecule is COC(=O)OC.[H+]. The summed E-state index contributed by atoms with van der Waals surface area (Å²) in [5, 5.41) is 0. The first-order chi connectivity index (χ1) is 2.81. The first kappa shape index (κ1) is 5.27. The molecule has 0 bridgehead atoms. The fourth-order valence-corrected chi connectivity index (χ4v) is 0.0833. The molecule has 0 aromatic rings. The van der Waals surface area contributed by atoms with Crippen LogP contribution in [0, 0.1) is 0 Å². The Morgan fingerprint density at radius 3 is 1.83 bits per heavy atom. The molecule has 0 fully saturated rings. The van der Waals surface area contributed by atoms with E-state index in [1.165, 1.54) is 14.2 Å². The highest BCUT2D eigenvalue weighted by atomic mass is 16.7. The van der Waals surface area contributed by atoms with E-state index in [-0.39, 0.29) is 1.43 Å². The minimum absolute atomic E-state index is 0. The zero-order chi connectivity index (χ0) is 4.99. The summed E-state index contributed by atoms with van der Waals surface area (Å²) in [5.41, 5.74) is 0. The third-order valence-corrected chi connectivity index (χ3v) is 0.333. The van der Waals surface area contributed by atoms with Crippen LogP contribution in [0.5, 0.6) is 0 Å². The molecule has 3 heteroatoms. The van der Waals surface area contributed by atoms with Crippen molar-refractivity contribution in [3.8, 4) is 0 Å². The Kier molecular flexibility index (Phi) is 2.20. The number of rotatable bonds is 0. The zero-order valence-corrected chi connectivity index (χ0v) is 3.72. The summed E-state index contributed by atoms with van der Waals surface area (Å²) in [5.74, 6) is 0. The zero-order valence-electron chi connectivity index (χ0n) is 4.72. The quantitative estimate of drug-likeness (QED) is 0.407. The molecule has 0 N–H and O–H groups in total. The largest absolute Gasteiger partial charge is 1.00 e. The lowest BCUT2D eigenvalue weighted by Gasteiger charge is -1.89. The second-order valence-electron chi connectivity index (χ2n) is 0.658. The molecule has 0 aliphatic heterocycles. The fraction of sp³-hybridized carbons (Fsp3) is 0.667. The summed E-state index contributed by atoms with van der Waals surface area (Å²) in [6.45, 7) is 0. The molecule has 0 aromatic heterocycles. The summed E-state index contributed by atoms with van der Waals surface area (Å²) in [6.07, 6.45) is -0.657. The van der Waals surface area contributed by atoms with Crippen molar-refractivity contribution in [1.29, 1.82) is 0 Å². The van der Waals surface area contributed by atoms with Gasteiger partial charge >= 0.3 is 7.58 Å². The van der Waals surface area contributed by atoms with Crippen LogP contribution in [0.2, 0.25) is 0 Å². The molecule has 0 atom stereocenters. The molecule has 0 heterocycles. The Labute approximate surface area is 37.3 Å². The molecular formula is C3H7O3+. The normalized spacial score (nSPS) is 7.00. The maximum atomic E-state index is 9.74. The summed E-state index contributed by atoms with van der Waals surface area (Å²) >= 11 is 0. The molecule has 3 nitrogen and oxygen atoms in total. The van der Waals surface area contributed by atoms with E-state index in [0.29, 0.717) is 0 Å². The van der Waals surface area contributed by atoms with E-state index in [1.54, 1.807) is 0 Å². The van der Waals surface area contributed by atoms with Crippen LogP contribution in [0.25, 0.3) is 0 Å². The molecule has 6 heavy (non-hydrogen) atoms. The van der Waals surface area contributed by atoms with Crippen molar-refractivity contribution in [3.05, 3.63) is 0 Å². The van der Waals surface area contributed by atoms with Gasteiger partial charge in [0.05, 0.1) is 14.2 Å². The van der Waals surface area contributed by atoms with Crippen molar-refractivity contribution < 1.29 is 15.7 Å². The topological polar surface area (TPSA) is 35.5 Å². The van der Waals surface area contributed by atoms with Crippen LogP contribution in [-0.4, -0.2) is 20.4 Å².